The molecule has 0 aliphatic heterocycles. The fourth-order valence-electron chi connectivity index (χ4n) is 1.94. The molecule has 1 amide bonds. The molecule has 0 bridgehead atoms. The molecule has 1 aromatic rings. The number of amides is 1. The van der Waals surface area contributed by atoms with Gasteiger partial charge < -0.3 is 9.47 Å². The standard InChI is InChI=1S/C14H19Cl3N2O4S/c1-8(2)5-10(12(20)22-4)19(11-6-9(3)18-24-11)13(21)23-7-14(15,16)17/h6,8,10H,5,7H2,1-4H3/t10-/m1/s1. The molecule has 0 unspecified atom stereocenters. The zero-order valence-electron chi connectivity index (χ0n) is 13.7. The van der Waals surface area contributed by atoms with E-state index in [2.05, 4.69) is 4.37 Å². The van der Waals surface area contributed by atoms with Crippen molar-refractivity contribution >= 4 is 63.4 Å². The molecule has 0 N–H and O–H groups in total. The Bertz CT molecular complexity index is 575. The van der Waals surface area contributed by atoms with Crippen molar-refractivity contribution in [3.05, 3.63) is 11.8 Å². The number of aromatic nitrogens is 1. The van der Waals surface area contributed by atoms with Crippen molar-refractivity contribution in [1.29, 1.82) is 0 Å². The monoisotopic (exact) mass is 416 g/mol. The van der Waals surface area contributed by atoms with Gasteiger partial charge in [0.15, 0.2) is 0 Å². The molecule has 0 aliphatic carbocycles. The predicted octanol–water partition coefficient (Wildman–Crippen LogP) is 4.35. The van der Waals surface area contributed by atoms with Gasteiger partial charge in [-0.3, -0.25) is 4.90 Å². The minimum atomic E-state index is -1.75. The second-order valence-electron chi connectivity index (χ2n) is 5.51. The van der Waals surface area contributed by atoms with Gasteiger partial charge in [0.2, 0.25) is 3.79 Å². The molecule has 0 spiro atoms. The Morgan fingerprint density at radius 3 is 2.42 bits per heavy atom. The molecule has 0 aliphatic rings. The lowest BCUT2D eigenvalue weighted by Crippen LogP contribution is -2.47. The first-order valence-electron chi connectivity index (χ1n) is 7.09. The van der Waals surface area contributed by atoms with Crippen molar-refractivity contribution in [3.8, 4) is 0 Å². The normalized spacial score (nSPS) is 12.8. The van der Waals surface area contributed by atoms with Crippen molar-refractivity contribution in [2.75, 3.05) is 18.6 Å². The van der Waals surface area contributed by atoms with Gasteiger partial charge in [-0.15, -0.1) is 0 Å². The van der Waals surface area contributed by atoms with E-state index in [9.17, 15) is 9.59 Å². The quantitative estimate of drug-likeness (QED) is 0.508. The number of carbonyl (C=O) groups is 2. The van der Waals surface area contributed by atoms with Gasteiger partial charge >= 0.3 is 12.1 Å². The van der Waals surface area contributed by atoms with Gasteiger partial charge in [-0.1, -0.05) is 48.7 Å². The van der Waals surface area contributed by atoms with Gasteiger partial charge in [-0.25, -0.2) is 9.59 Å². The Morgan fingerprint density at radius 1 is 1.38 bits per heavy atom. The van der Waals surface area contributed by atoms with Gasteiger partial charge in [0.05, 0.1) is 12.8 Å². The molecular weight excluding hydrogens is 399 g/mol. The van der Waals surface area contributed by atoms with E-state index >= 15 is 0 Å². The summed E-state index contributed by atoms with van der Waals surface area (Å²) in [6.45, 7) is 5.19. The van der Waals surface area contributed by atoms with Crippen LogP contribution < -0.4 is 4.90 Å². The first kappa shape index (κ1) is 21.3. The Kier molecular flexibility index (Phi) is 8.05. The van der Waals surface area contributed by atoms with Gasteiger partial charge in [0.25, 0.3) is 0 Å². The van der Waals surface area contributed by atoms with E-state index in [1.165, 1.54) is 12.0 Å². The molecule has 1 atom stereocenters. The lowest BCUT2D eigenvalue weighted by atomic mass is 10.0. The Labute approximate surface area is 160 Å². The summed E-state index contributed by atoms with van der Waals surface area (Å²) in [4.78, 5) is 26.0. The van der Waals surface area contributed by atoms with E-state index < -0.39 is 28.5 Å². The SMILES string of the molecule is COC(=O)[C@@H](CC(C)C)N(C(=O)OCC(Cl)(Cl)Cl)c1cc(C)ns1. The highest BCUT2D eigenvalue weighted by molar-refractivity contribution is 7.10. The highest BCUT2D eigenvalue weighted by Crippen LogP contribution is 2.30. The van der Waals surface area contributed by atoms with Crippen LogP contribution in [-0.4, -0.2) is 40.0 Å². The van der Waals surface area contributed by atoms with E-state index in [0.717, 1.165) is 11.5 Å². The number of aryl methyl sites for hydroxylation is 1. The molecule has 10 heteroatoms. The topological polar surface area (TPSA) is 68.7 Å². The summed E-state index contributed by atoms with van der Waals surface area (Å²) in [5, 5.41) is 0.456. The second kappa shape index (κ2) is 9.08. The van der Waals surface area contributed by atoms with Gasteiger partial charge in [-0.2, -0.15) is 4.37 Å². The maximum Gasteiger partial charge on any atom is 0.415 e. The van der Waals surface area contributed by atoms with Crippen LogP contribution in [-0.2, 0) is 14.3 Å². The number of halogens is 3. The number of carbonyl (C=O) groups excluding carboxylic acids is 2. The summed E-state index contributed by atoms with van der Waals surface area (Å²) < 4.78 is 12.3. The van der Waals surface area contributed by atoms with Crippen molar-refractivity contribution in [1.82, 2.24) is 4.37 Å². The van der Waals surface area contributed by atoms with E-state index in [0.29, 0.717) is 17.1 Å². The van der Waals surface area contributed by atoms with Crippen LogP contribution >= 0.6 is 46.3 Å². The molecule has 24 heavy (non-hydrogen) atoms. The largest absolute Gasteiger partial charge is 0.467 e. The molecule has 0 radical (unpaired) electrons. The second-order valence-corrected chi connectivity index (χ2v) is 8.81. The van der Waals surface area contributed by atoms with Crippen molar-refractivity contribution in [2.45, 2.75) is 37.0 Å². The number of methoxy groups -OCH3 is 1. The van der Waals surface area contributed by atoms with Crippen LogP contribution in [0.2, 0.25) is 0 Å². The molecule has 0 aromatic carbocycles. The maximum absolute atomic E-state index is 12.5. The number of hydrogen-bond donors (Lipinski definition) is 0. The highest BCUT2D eigenvalue weighted by atomic mass is 35.6. The summed E-state index contributed by atoms with van der Waals surface area (Å²) in [6, 6.07) is 0.815. The van der Waals surface area contributed by atoms with Gasteiger partial charge in [0.1, 0.15) is 17.6 Å². The number of anilines is 1. The Balaban J connectivity index is 3.15. The number of ether oxygens (including phenoxy) is 2. The van der Waals surface area contributed by atoms with E-state index in [4.69, 9.17) is 44.3 Å². The molecular formula is C14H19Cl3N2O4S. The first-order chi connectivity index (χ1) is 11.0. The average molecular weight is 418 g/mol. The molecule has 136 valence electrons. The van der Waals surface area contributed by atoms with Crippen molar-refractivity contribution < 1.29 is 19.1 Å². The lowest BCUT2D eigenvalue weighted by Gasteiger charge is -2.29. The number of hydrogen-bond acceptors (Lipinski definition) is 6. The summed E-state index contributed by atoms with van der Waals surface area (Å²) in [7, 11) is 1.26. The van der Waals surface area contributed by atoms with Crippen LogP contribution in [0.25, 0.3) is 0 Å². The van der Waals surface area contributed by atoms with Crippen LogP contribution in [0.1, 0.15) is 26.0 Å². The minimum absolute atomic E-state index is 0.131. The van der Waals surface area contributed by atoms with Crippen molar-refractivity contribution in [2.24, 2.45) is 5.92 Å². The molecule has 1 aromatic heterocycles. The van der Waals surface area contributed by atoms with Crippen LogP contribution in [0.4, 0.5) is 9.80 Å². The molecule has 1 rings (SSSR count). The number of alkyl halides is 3. The van der Waals surface area contributed by atoms with E-state index in [1.807, 2.05) is 13.8 Å². The van der Waals surface area contributed by atoms with Gasteiger partial charge in [0, 0.05) is 0 Å². The third kappa shape index (κ3) is 6.63. The number of nitrogens with zero attached hydrogens (tertiary/aromatic N) is 2. The fraction of sp³-hybridized carbons (Fsp3) is 0.643. The van der Waals surface area contributed by atoms with E-state index in [1.54, 1.807) is 13.0 Å². The molecule has 0 fully saturated rings. The molecule has 0 saturated heterocycles. The highest BCUT2D eigenvalue weighted by Gasteiger charge is 2.36. The lowest BCUT2D eigenvalue weighted by molar-refractivity contribution is -0.142. The van der Waals surface area contributed by atoms with Crippen LogP contribution in [0.15, 0.2) is 6.07 Å². The molecule has 1 heterocycles. The van der Waals surface area contributed by atoms with Crippen LogP contribution in [0, 0.1) is 12.8 Å². The number of rotatable bonds is 6. The maximum atomic E-state index is 12.5. The van der Waals surface area contributed by atoms with Crippen molar-refractivity contribution in [3.63, 3.8) is 0 Å². The number of esters is 1. The smallest absolute Gasteiger partial charge is 0.415 e. The zero-order valence-corrected chi connectivity index (χ0v) is 16.8. The van der Waals surface area contributed by atoms with Gasteiger partial charge in [-0.05, 0) is 36.9 Å². The minimum Gasteiger partial charge on any atom is -0.467 e. The van der Waals surface area contributed by atoms with Crippen LogP contribution in [0.5, 0.6) is 0 Å². The fourth-order valence-corrected chi connectivity index (χ4v) is 2.90. The van der Waals surface area contributed by atoms with Crippen LogP contribution in [0.3, 0.4) is 0 Å². The Morgan fingerprint density at radius 2 is 2.00 bits per heavy atom. The molecule has 6 nitrogen and oxygen atoms in total. The summed E-state index contributed by atoms with van der Waals surface area (Å²) in [5.41, 5.74) is 0.710. The molecule has 0 saturated carbocycles. The Hall–Kier alpha value is -0.760. The summed E-state index contributed by atoms with van der Waals surface area (Å²) in [6.07, 6.45) is -0.423. The third-order valence-corrected chi connectivity index (χ3v) is 4.10. The average Bonchev–Trinajstić information content (AvgIpc) is 2.88. The third-order valence-electron chi connectivity index (χ3n) is 2.89. The first-order valence-corrected chi connectivity index (χ1v) is 8.99. The summed E-state index contributed by atoms with van der Waals surface area (Å²) in [5.74, 6) is -0.424. The summed E-state index contributed by atoms with van der Waals surface area (Å²) >= 11 is 17.9. The van der Waals surface area contributed by atoms with E-state index in [-0.39, 0.29) is 5.92 Å². The zero-order chi connectivity index (χ0) is 18.5. The predicted molar refractivity (Wildman–Crippen MR) is 96.2 cm³/mol.